The highest BCUT2D eigenvalue weighted by atomic mass is 16.5. The Kier molecular flexibility index (Phi) is 10.9. The van der Waals surface area contributed by atoms with Gasteiger partial charge < -0.3 is 9.64 Å². The molecule has 0 aliphatic carbocycles. The normalized spacial score (nSPS) is 11.2. The quantitative estimate of drug-likeness (QED) is 0.676. The molecule has 0 bridgehead atoms. The first kappa shape index (κ1) is 14.9. The van der Waals surface area contributed by atoms with Gasteiger partial charge in [0.2, 0.25) is 5.91 Å². The third-order valence-corrected chi connectivity index (χ3v) is 1.76. The number of rotatable bonds is 4. The topological polar surface area (TPSA) is 29.5 Å². The van der Waals surface area contributed by atoms with E-state index >= 15 is 0 Å². The van der Waals surface area contributed by atoms with E-state index in [-0.39, 0.29) is 11.9 Å². The summed E-state index contributed by atoms with van der Waals surface area (Å²) in [5.74, 6) is 0.162. The lowest BCUT2D eigenvalue weighted by Crippen LogP contribution is -2.37. The Morgan fingerprint density at radius 2 is 1.92 bits per heavy atom. The fourth-order valence-corrected chi connectivity index (χ4v) is 0.848. The monoisotopic (exact) mass is 189 g/mol. The van der Waals surface area contributed by atoms with Crippen LogP contribution in [0.1, 0.15) is 34.1 Å². The summed E-state index contributed by atoms with van der Waals surface area (Å²) in [7, 11) is 3.44. The Hall–Kier alpha value is -0.570. The Balaban J connectivity index is 0. The lowest BCUT2D eigenvalue weighted by molar-refractivity contribution is -0.132. The molecule has 0 saturated carbocycles. The minimum Gasteiger partial charge on any atom is -0.383 e. The molecule has 1 unspecified atom stereocenters. The van der Waals surface area contributed by atoms with Crippen molar-refractivity contribution in [3.63, 3.8) is 0 Å². The average Bonchev–Trinajstić information content (AvgIpc) is 2.19. The Bertz CT molecular complexity index is 126. The van der Waals surface area contributed by atoms with Gasteiger partial charge in [-0.25, -0.2) is 0 Å². The number of carbonyl (C=O) groups excluding carboxylic acids is 1. The smallest absolute Gasteiger partial charge is 0.222 e. The van der Waals surface area contributed by atoms with Crippen LogP contribution in [0, 0.1) is 0 Å². The van der Waals surface area contributed by atoms with Gasteiger partial charge >= 0.3 is 0 Å². The summed E-state index contributed by atoms with van der Waals surface area (Å²) in [6.07, 6.45) is 0.560. The summed E-state index contributed by atoms with van der Waals surface area (Å²) in [6, 6.07) is 0.174. The minimum absolute atomic E-state index is 0.162. The van der Waals surface area contributed by atoms with Crippen molar-refractivity contribution in [3.05, 3.63) is 0 Å². The lowest BCUT2D eigenvalue weighted by atomic mass is 10.3. The predicted molar refractivity (Wildman–Crippen MR) is 55.7 cm³/mol. The second-order valence-corrected chi connectivity index (χ2v) is 2.66. The van der Waals surface area contributed by atoms with Gasteiger partial charge in [0, 0.05) is 20.6 Å². The van der Waals surface area contributed by atoms with Crippen molar-refractivity contribution in [2.75, 3.05) is 20.8 Å². The highest BCUT2D eigenvalue weighted by Crippen LogP contribution is 1.98. The highest BCUT2D eigenvalue weighted by Gasteiger charge is 2.12. The molecule has 0 aromatic carbocycles. The maximum absolute atomic E-state index is 11.1. The molecule has 0 spiro atoms. The van der Waals surface area contributed by atoms with E-state index in [1.165, 1.54) is 0 Å². The van der Waals surface area contributed by atoms with E-state index in [2.05, 4.69) is 0 Å². The van der Waals surface area contributed by atoms with Crippen LogP contribution >= 0.6 is 0 Å². The zero-order valence-corrected chi connectivity index (χ0v) is 9.76. The summed E-state index contributed by atoms with van der Waals surface area (Å²) in [5, 5.41) is 0. The molecule has 3 nitrogen and oxygen atoms in total. The molecule has 0 aromatic heterocycles. The molecule has 0 saturated heterocycles. The molecule has 0 aromatic rings. The van der Waals surface area contributed by atoms with Gasteiger partial charge in [0.15, 0.2) is 0 Å². The van der Waals surface area contributed by atoms with Crippen molar-refractivity contribution < 1.29 is 9.53 Å². The molecule has 1 amide bonds. The van der Waals surface area contributed by atoms with Gasteiger partial charge in [-0.2, -0.15) is 0 Å². The van der Waals surface area contributed by atoms with Gasteiger partial charge in [0.25, 0.3) is 0 Å². The van der Waals surface area contributed by atoms with Crippen LogP contribution in [0.15, 0.2) is 0 Å². The number of likely N-dealkylation sites (N-methyl/N-ethyl adjacent to an activating group) is 1. The Morgan fingerprint density at radius 1 is 1.46 bits per heavy atom. The second-order valence-electron chi connectivity index (χ2n) is 2.66. The third-order valence-electron chi connectivity index (χ3n) is 1.76. The first-order valence-electron chi connectivity index (χ1n) is 4.88. The van der Waals surface area contributed by atoms with E-state index in [0.717, 1.165) is 0 Å². The molecule has 13 heavy (non-hydrogen) atoms. The third kappa shape index (κ3) is 6.58. The van der Waals surface area contributed by atoms with Crippen LogP contribution in [0.3, 0.4) is 0 Å². The summed E-state index contributed by atoms with van der Waals surface area (Å²) < 4.78 is 4.93. The van der Waals surface area contributed by atoms with Crippen molar-refractivity contribution in [2.24, 2.45) is 0 Å². The maximum atomic E-state index is 11.1. The molecule has 1 atom stereocenters. The standard InChI is InChI=1S/C8H17NO2.C2H6/c1-5-8(10)9(3)7(2)6-11-4;1-2/h7H,5-6H2,1-4H3;1-2H3. The fraction of sp³-hybridized carbons (Fsp3) is 0.900. The van der Waals surface area contributed by atoms with Gasteiger partial charge in [-0.1, -0.05) is 20.8 Å². The van der Waals surface area contributed by atoms with Gasteiger partial charge in [0.05, 0.1) is 12.6 Å². The molecule has 0 rings (SSSR count). The van der Waals surface area contributed by atoms with Gasteiger partial charge in [-0.05, 0) is 6.92 Å². The number of hydrogen-bond donors (Lipinski definition) is 0. The largest absolute Gasteiger partial charge is 0.383 e. The second kappa shape index (κ2) is 9.52. The first-order valence-corrected chi connectivity index (χ1v) is 4.88. The van der Waals surface area contributed by atoms with E-state index in [9.17, 15) is 4.79 Å². The van der Waals surface area contributed by atoms with Crippen molar-refractivity contribution in [1.29, 1.82) is 0 Å². The number of amides is 1. The summed E-state index contributed by atoms with van der Waals surface area (Å²) >= 11 is 0. The highest BCUT2D eigenvalue weighted by molar-refractivity contribution is 5.75. The van der Waals surface area contributed by atoms with E-state index < -0.39 is 0 Å². The van der Waals surface area contributed by atoms with Crippen LogP contribution in [-0.4, -0.2) is 37.6 Å². The number of nitrogens with zero attached hydrogens (tertiary/aromatic N) is 1. The SMILES string of the molecule is CC.CCC(=O)N(C)C(C)COC. The number of hydrogen-bond acceptors (Lipinski definition) is 2. The van der Waals surface area contributed by atoms with Crippen molar-refractivity contribution >= 4 is 5.91 Å². The van der Waals surface area contributed by atoms with Crippen LogP contribution in [0.5, 0.6) is 0 Å². The van der Waals surface area contributed by atoms with E-state index in [4.69, 9.17) is 4.74 Å². The molecule has 0 aliphatic heterocycles. The average molecular weight is 189 g/mol. The minimum atomic E-state index is 0.162. The molecule has 3 heteroatoms. The first-order chi connectivity index (χ1) is 6.13. The summed E-state index contributed by atoms with van der Waals surface area (Å²) in [5.41, 5.74) is 0. The van der Waals surface area contributed by atoms with E-state index in [0.29, 0.717) is 13.0 Å². The van der Waals surface area contributed by atoms with Crippen molar-refractivity contribution in [2.45, 2.75) is 40.2 Å². The van der Waals surface area contributed by atoms with Crippen LogP contribution in [-0.2, 0) is 9.53 Å². The summed E-state index contributed by atoms with van der Waals surface area (Å²) in [6.45, 7) is 8.43. The van der Waals surface area contributed by atoms with Crippen LogP contribution < -0.4 is 0 Å². The van der Waals surface area contributed by atoms with Crippen molar-refractivity contribution in [1.82, 2.24) is 4.90 Å². The Morgan fingerprint density at radius 3 is 2.23 bits per heavy atom. The molecule has 0 radical (unpaired) electrons. The Labute approximate surface area is 82.1 Å². The van der Waals surface area contributed by atoms with Gasteiger partial charge in [0.1, 0.15) is 0 Å². The lowest BCUT2D eigenvalue weighted by Gasteiger charge is -2.23. The fourth-order valence-electron chi connectivity index (χ4n) is 0.848. The number of ether oxygens (including phenoxy) is 1. The van der Waals surface area contributed by atoms with Crippen LogP contribution in [0.2, 0.25) is 0 Å². The molecule has 0 fully saturated rings. The molecule has 0 heterocycles. The van der Waals surface area contributed by atoms with Crippen LogP contribution in [0.25, 0.3) is 0 Å². The number of carbonyl (C=O) groups is 1. The zero-order chi connectivity index (χ0) is 10.9. The molecular weight excluding hydrogens is 166 g/mol. The van der Waals surface area contributed by atoms with E-state index in [1.54, 1.807) is 19.1 Å². The van der Waals surface area contributed by atoms with Gasteiger partial charge in [-0.3, -0.25) is 4.79 Å². The van der Waals surface area contributed by atoms with Crippen molar-refractivity contribution in [3.8, 4) is 0 Å². The maximum Gasteiger partial charge on any atom is 0.222 e. The molecule has 0 aliphatic rings. The molecule has 0 N–H and O–H groups in total. The predicted octanol–water partition coefficient (Wildman–Crippen LogP) is 1.92. The summed E-state index contributed by atoms with van der Waals surface area (Å²) in [4.78, 5) is 12.8. The van der Waals surface area contributed by atoms with Gasteiger partial charge in [-0.15, -0.1) is 0 Å². The number of methoxy groups -OCH3 is 1. The van der Waals surface area contributed by atoms with E-state index in [1.807, 2.05) is 27.7 Å². The molecular formula is C10H23NO2. The molecule has 80 valence electrons. The van der Waals surface area contributed by atoms with Crippen LogP contribution in [0.4, 0.5) is 0 Å². The zero-order valence-electron chi connectivity index (χ0n) is 9.76.